The highest BCUT2D eigenvalue weighted by Gasteiger charge is 2.29. The Balaban J connectivity index is 0.00000220. The van der Waals surface area contributed by atoms with E-state index in [2.05, 4.69) is 36.5 Å². The third-order valence-corrected chi connectivity index (χ3v) is 3.86. The second kappa shape index (κ2) is 8.37. The Labute approximate surface area is 132 Å². The van der Waals surface area contributed by atoms with Crippen LogP contribution >= 0.6 is 12.4 Å². The van der Waals surface area contributed by atoms with Crippen molar-refractivity contribution >= 4 is 18.3 Å². The van der Waals surface area contributed by atoms with Gasteiger partial charge in [-0.15, -0.1) is 12.4 Å². The SMILES string of the molecule is Cc1ccc(C2OCCCC2NC(=O)C(C)CN)cc1.Cl. The van der Waals surface area contributed by atoms with Gasteiger partial charge in [-0.1, -0.05) is 36.8 Å². The molecule has 1 heterocycles. The van der Waals surface area contributed by atoms with Crippen molar-refractivity contribution in [2.45, 2.75) is 38.8 Å². The van der Waals surface area contributed by atoms with E-state index < -0.39 is 0 Å². The van der Waals surface area contributed by atoms with Crippen molar-refractivity contribution in [1.82, 2.24) is 5.32 Å². The zero-order valence-corrected chi connectivity index (χ0v) is 13.5. The number of benzene rings is 1. The van der Waals surface area contributed by atoms with Crippen molar-refractivity contribution in [3.8, 4) is 0 Å². The summed E-state index contributed by atoms with van der Waals surface area (Å²) in [7, 11) is 0. The molecule has 1 aliphatic heterocycles. The lowest BCUT2D eigenvalue weighted by molar-refractivity contribution is -0.127. The van der Waals surface area contributed by atoms with E-state index in [1.54, 1.807) is 0 Å². The molecule has 3 unspecified atom stereocenters. The van der Waals surface area contributed by atoms with Crippen molar-refractivity contribution < 1.29 is 9.53 Å². The molecule has 4 nitrogen and oxygen atoms in total. The van der Waals surface area contributed by atoms with Gasteiger partial charge in [0.2, 0.25) is 5.91 Å². The van der Waals surface area contributed by atoms with E-state index in [-0.39, 0.29) is 36.4 Å². The van der Waals surface area contributed by atoms with Crippen LogP contribution in [0, 0.1) is 12.8 Å². The highest BCUT2D eigenvalue weighted by atomic mass is 35.5. The van der Waals surface area contributed by atoms with Gasteiger partial charge in [0.25, 0.3) is 0 Å². The molecule has 1 aromatic rings. The zero-order chi connectivity index (χ0) is 14.5. The molecule has 0 spiro atoms. The number of carbonyl (C=O) groups is 1. The first-order valence-electron chi connectivity index (χ1n) is 7.30. The van der Waals surface area contributed by atoms with E-state index in [4.69, 9.17) is 10.5 Å². The van der Waals surface area contributed by atoms with Crippen LogP contribution in [0.2, 0.25) is 0 Å². The molecule has 0 aliphatic carbocycles. The van der Waals surface area contributed by atoms with Gasteiger partial charge >= 0.3 is 0 Å². The highest BCUT2D eigenvalue weighted by Crippen LogP contribution is 2.28. The van der Waals surface area contributed by atoms with Gasteiger partial charge in [-0.3, -0.25) is 4.79 Å². The molecule has 0 aromatic heterocycles. The summed E-state index contributed by atoms with van der Waals surface area (Å²) in [6.07, 6.45) is 1.87. The predicted octanol–water partition coefficient (Wildman–Crippen LogP) is 2.35. The summed E-state index contributed by atoms with van der Waals surface area (Å²) in [5, 5.41) is 3.09. The summed E-state index contributed by atoms with van der Waals surface area (Å²) in [6.45, 7) is 5.03. The summed E-state index contributed by atoms with van der Waals surface area (Å²) in [5.74, 6) is -0.143. The fourth-order valence-corrected chi connectivity index (χ4v) is 2.45. The van der Waals surface area contributed by atoms with E-state index in [0.717, 1.165) is 25.0 Å². The van der Waals surface area contributed by atoms with Gasteiger partial charge < -0.3 is 15.8 Å². The maximum Gasteiger partial charge on any atom is 0.224 e. The van der Waals surface area contributed by atoms with Gasteiger partial charge in [-0.05, 0) is 25.3 Å². The highest BCUT2D eigenvalue weighted by molar-refractivity contribution is 5.85. The first kappa shape index (κ1) is 18.0. The molecule has 0 bridgehead atoms. The van der Waals surface area contributed by atoms with Crippen molar-refractivity contribution in [3.63, 3.8) is 0 Å². The second-order valence-electron chi connectivity index (χ2n) is 5.60. The number of nitrogens with one attached hydrogen (secondary N) is 1. The normalized spacial score (nSPS) is 23.0. The van der Waals surface area contributed by atoms with Crippen LogP contribution in [0.4, 0.5) is 0 Å². The average Bonchev–Trinajstić information content (AvgIpc) is 2.48. The smallest absolute Gasteiger partial charge is 0.224 e. The van der Waals surface area contributed by atoms with Gasteiger partial charge in [0, 0.05) is 19.1 Å². The zero-order valence-electron chi connectivity index (χ0n) is 12.7. The average molecular weight is 313 g/mol. The number of ether oxygens (including phenoxy) is 1. The molecule has 21 heavy (non-hydrogen) atoms. The molecule has 0 radical (unpaired) electrons. The Morgan fingerprint density at radius 2 is 2.10 bits per heavy atom. The maximum atomic E-state index is 12.0. The lowest BCUT2D eigenvalue weighted by Gasteiger charge is -2.33. The lowest BCUT2D eigenvalue weighted by Crippen LogP contribution is -2.45. The van der Waals surface area contributed by atoms with E-state index in [9.17, 15) is 4.79 Å². The van der Waals surface area contributed by atoms with Gasteiger partial charge in [0.1, 0.15) is 6.10 Å². The Bertz CT molecular complexity index is 450. The topological polar surface area (TPSA) is 64.3 Å². The predicted molar refractivity (Wildman–Crippen MR) is 86.5 cm³/mol. The summed E-state index contributed by atoms with van der Waals surface area (Å²) in [4.78, 5) is 12.0. The first-order chi connectivity index (χ1) is 9.61. The molecule has 1 aromatic carbocycles. The number of hydrogen-bond donors (Lipinski definition) is 2. The fraction of sp³-hybridized carbons (Fsp3) is 0.562. The molecular weight excluding hydrogens is 288 g/mol. The van der Waals surface area contributed by atoms with Crippen LogP contribution in [-0.2, 0) is 9.53 Å². The molecule has 1 saturated heterocycles. The molecule has 1 aliphatic rings. The summed E-state index contributed by atoms with van der Waals surface area (Å²) in [6, 6.07) is 8.35. The number of rotatable bonds is 4. The molecule has 1 fully saturated rings. The van der Waals surface area contributed by atoms with Crippen LogP contribution in [0.5, 0.6) is 0 Å². The summed E-state index contributed by atoms with van der Waals surface area (Å²) < 4.78 is 5.88. The number of amides is 1. The maximum absolute atomic E-state index is 12.0. The summed E-state index contributed by atoms with van der Waals surface area (Å²) >= 11 is 0. The number of nitrogens with two attached hydrogens (primary N) is 1. The summed E-state index contributed by atoms with van der Waals surface area (Å²) in [5.41, 5.74) is 7.90. The van der Waals surface area contributed by atoms with Gasteiger partial charge in [-0.25, -0.2) is 0 Å². The quantitative estimate of drug-likeness (QED) is 0.897. The largest absolute Gasteiger partial charge is 0.371 e. The molecule has 3 atom stereocenters. The molecule has 118 valence electrons. The fourth-order valence-electron chi connectivity index (χ4n) is 2.45. The van der Waals surface area contributed by atoms with Crippen molar-refractivity contribution in [2.24, 2.45) is 11.7 Å². The molecule has 3 N–H and O–H groups in total. The Morgan fingerprint density at radius 3 is 2.71 bits per heavy atom. The second-order valence-corrected chi connectivity index (χ2v) is 5.60. The van der Waals surface area contributed by atoms with E-state index in [1.165, 1.54) is 5.56 Å². The number of aryl methyl sites for hydroxylation is 1. The minimum Gasteiger partial charge on any atom is -0.371 e. The van der Waals surface area contributed by atoms with Crippen molar-refractivity contribution in [3.05, 3.63) is 35.4 Å². The van der Waals surface area contributed by atoms with Gasteiger partial charge in [0.05, 0.1) is 6.04 Å². The van der Waals surface area contributed by atoms with Crippen LogP contribution in [0.1, 0.15) is 37.0 Å². The monoisotopic (exact) mass is 312 g/mol. The molecule has 0 saturated carbocycles. The molecule has 2 rings (SSSR count). The Hall–Kier alpha value is -1.10. The Morgan fingerprint density at radius 1 is 1.43 bits per heavy atom. The lowest BCUT2D eigenvalue weighted by atomic mass is 9.94. The Kier molecular flexibility index (Phi) is 7.15. The standard InChI is InChI=1S/C16H24N2O2.ClH/c1-11-5-7-13(8-6-11)15-14(4-3-9-20-15)18-16(19)12(2)10-17;/h5-8,12,14-15H,3-4,9-10,17H2,1-2H3,(H,18,19);1H. The molecule has 1 amide bonds. The van der Waals surface area contributed by atoms with Crippen molar-refractivity contribution in [2.75, 3.05) is 13.2 Å². The third kappa shape index (κ3) is 4.70. The van der Waals surface area contributed by atoms with Crippen LogP contribution in [-0.4, -0.2) is 25.1 Å². The third-order valence-electron chi connectivity index (χ3n) is 3.86. The van der Waals surface area contributed by atoms with E-state index in [1.807, 2.05) is 6.92 Å². The number of hydrogen-bond acceptors (Lipinski definition) is 3. The van der Waals surface area contributed by atoms with Crippen LogP contribution < -0.4 is 11.1 Å². The molecule has 5 heteroatoms. The van der Waals surface area contributed by atoms with Crippen LogP contribution in [0.25, 0.3) is 0 Å². The van der Waals surface area contributed by atoms with Crippen LogP contribution in [0.15, 0.2) is 24.3 Å². The van der Waals surface area contributed by atoms with Gasteiger partial charge in [-0.2, -0.15) is 0 Å². The number of halogens is 1. The first-order valence-corrected chi connectivity index (χ1v) is 7.30. The van der Waals surface area contributed by atoms with E-state index in [0.29, 0.717) is 6.54 Å². The van der Waals surface area contributed by atoms with E-state index >= 15 is 0 Å². The minimum atomic E-state index is -0.157. The van der Waals surface area contributed by atoms with Gasteiger partial charge in [0.15, 0.2) is 0 Å². The van der Waals surface area contributed by atoms with Crippen molar-refractivity contribution in [1.29, 1.82) is 0 Å². The van der Waals surface area contributed by atoms with Crippen LogP contribution in [0.3, 0.4) is 0 Å². The molecular formula is C16H25ClN2O2. The minimum absolute atomic E-state index is 0. The number of carbonyl (C=O) groups excluding carboxylic acids is 1.